The molecule has 1 aromatic heterocycles. The van der Waals surface area contributed by atoms with Gasteiger partial charge in [0, 0.05) is 18.7 Å². The Hall–Kier alpha value is -3.15. The van der Waals surface area contributed by atoms with Gasteiger partial charge in [-0.2, -0.15) is 0 Å². The van der Waals surface area contributed by atoms with Crippen molar-refractivity contribution >= 4 is 5.95 Å². The van der Waals surface area contributed by atoms with E-state index in [0.29, 0.717) is 24.9 Å². The monoisotopic (exact) mass is 451 g/mol. The molecular weight excluding hydrogens is 417 g/mol. The predicted molar refractivity (Wildman–Crippen MR) is 131 cm³/mol. The highest BCUT2D eigenvalue weighted by atomic mass is 19.1. The fourth-order valence-electron chi connectivity index (χ4n) is 3.72. The molecule has 0 spiro atoms. The van der Waals surface area contributed by atoms with Crippen LogP contribution in [0.25, 0.3) is 0 Å². The van der Waals surface area contributed by atoms with Gasteiger partial charge >= 0.3 is 0 Å². The highest BCUT2D eigenvalue weighted by Gasteiger charge is 2.26. The second kappa shape index (κ2) is 11.1. The minimum Gasteiger partial charge on any atom is -0.490 e. The molecule has 0 atom stereocenters. The first-order chi connectivity index (χ1) is 15.9. The van der Waals surface area contributed by atoms with Crippen molar-refractivity contribution in [3.8, 4) is 11.5 Å². The van der Waals surface area contributed by atoms with Crippen molar-refractivity contribution < 1.29 is 13.9 Å². The summed E-state index contributed by atoms with van der Waals surface area (Å²) >= 11 is 0. The Morgan fingerprint density at radius 3 is 2.39 bits per heavy atom. The summed E-state index contributed by atoms with van der Waals surface area (Å²) in [6.07, 6.45) is 4.26. The number of nitrogens with one attached hydrogen (secondary N) is 1. The van der Waals surface area contributed by atoms with Crippen molar-refractivity contribution in [2.24, 2.45) is 0 Å². The van der Waals surface area contributed by atoms with Crippen LogP contribution in [0, 0.1) is 5.82 Å². The van der Waals surface area contributed by atoms with Gasteiger partial charge in [0.25, 0.3) is 0 Å². The molecule has 0 aliphatic heterocycles. The van der Waals surface area contributed by atoms with Crippen LogP contribution in [0.1, 0.15) is 62.9 Å². The molecule has 0 unspecified atom stereocenters. The number of ether oxygens (including phenoxy) is 2. The number of aromatic nitrogens is 2. The minimum absolute atomic E-state index is 0.289. The van der Waals surface area contributed by atoms with Gasteiger partial charge in [-0.3, -0.25) is 0 Å². The molecule has 0 saturated carbocycles. The number of hydrogen-bond acceptors (Lipinski definition) is 5. The maximum atomic E-state index is 15.0. The summed E-state index contributed by atoms with van der Waals surface area (Å²) in [6, 6.07) is 13.5. The first-order valence-corrected chi connectivity index (χ1v) is 11.6. The van der Waals surface area contributed by atoms with E-state index in [1.165, 1.54) is 0 Å². The van der Waals surface area contributed by atoms with Gasteiger partial charge in [0.05, 0.1) is 12.3 Å². The number of benzene rings is 2. The van der Waals surface area contributed by atoms with Crippen LogP contribution in [0.15, 0.2) is 48.7 Å². The van der Waals surface area contributed by atoms with E-state index in [4.69, 9.17) is 9.47 Å². The topological polar surface area (TPSA) is 56.3 Å². The van der Waals surface area contributed by atoms with Crippen molar-refractivity contribution in [1.29, 1.82) is 0 Å². The average molecular weight is 452 g/mol. The number of rotatable bonds is 11. The second-order valence-electron chi connectivity index (χ2n) is 8.60. The van der Waals surface area contributed by atoms with E-state index in [1.807, 2.05) is 37.3 Å². The standard InChI is InChI=1S/C27H34FN3O2/c1-6-8-19-16-21(17-24(28)25(19)32-15-7-2)27(3,4)20-9-11-23(12-10-20)33-18-22-13-14-30-26(29-5)31-22/h9-14,16-17H,6-8,15,18H2,1-5H3,(H,29,30,31). The van der Waals surface area contributed by atoms with E-state index in [2.05, 4.69) is 42.1 Å². The summed E-state index contributed by atoms with van der Waals surface area (Å²) in [5.41, 5.74) is 3.36. The highest BCUT2D eigenvalue weighted by Crippen LogP contribution is 2.37. The third kappa shape index (κ3) is 6.01. The molecule has 0 radical (unpaired) electrons. The van der Waals surface area contributed by atoms with E-state index in [9.17, 15) is 0 Å². The normalized spacial score (nSPS) is 11.3. The Morgan fingerprint density at radius 2 is 1.73 bits per heavy atom. The lowest BCUT2D eigenvalue weighted by Gasteiger charge is -2.28. The highest BCUT2D eigenvalue weighted by molar-refractivity contribution is 5.46. The maximum absolute atomic E-state index is 15.0. The first kappa shape index (κ1) is 24.5. The summed E-state index contributed by atoms with van der Waals surface area (Å²) in [6.45, 7) is 9.21. The zero-order valence-corrected chi connectivity index (χ0v) is 20.2. The third-order valence-electron chi connectivity index (χ3n) is 5.71. The molecule has 3 aromatic rings. The maximum Gasteiger partial charge on any atom is 0.222 e. The molecule has 6 heteroatoms. The third-order valence-corrected chi connectivity index (χ3v) is 5.71. The fourth-order valence-corrected chi connectivity index (χ4v) is 3.72. The lowest BCUT2D eigenvalue weighted by atomic mass is 9.77. The second-order valence-corrected chi connectivity index (χ2v) is 8.60. The summed E-state index contributed by atoms with van der Waals surface area (Å²) in [5.74, 6) is 1.42. The van der Waals surface area contributed by atoms with E-state index >= 15 is 4.39 Å². The summed E-state index contributed by atoms with van der Waals surface area (Å²) in [7, 11) is 1.78. The Labute approximate surface area is 196 Å². The van der Waals surface area contributed by atoms with E-state index in [1.54, 1.807) is 19.3 Å². The molecule has 5 nitrogen and oxygen atoms in total. The lowest BCUT2D eigenvalue weighted by molar-refractivity contribution is 0.297. The molecule has 0 saturated heterocycles. The van der Waals surface area contributed by atoms with Gasteiger partial charge in [0.1, 0.15) is 12.4 Å². The van der Waals surface area contributed by atoms with Gasteiger partial charge in [-0.1, -0.05) is 52.3 Å². The molecule has 0 amide bonds. The summed E-state index contributed by atoms with van der Waals surface area (Å²) < 4.78 is 26.6. The van der Waals surface area contributed by atoms with Gasteiger partial charge in [-0.15, -0.1) is 0 Å². The van der Waals surface area contributed by atoms with Gasteiger partial charge in [-0.25, -0.2) is 14.4 Å². The van der Waals surface area contributed by atoms with E-state index < -0.39 is 0 Å². The molecule has 3 rings (SSSR count). The Bertz CT molecular complexity index is 1050. The summed E-state index contributed by atoms with van der Waals surface area (Å²) in [4.78, 5) is 8.48. The van der Waals surface area contributed by atoms with Crippen LogP contribution in [0.4, 0.5) is 10.3 Å². The molecule has 1 heterocycles. The van der Waals surface area contributed by atoms with Crippen molar-refractivity contribution in [3.05, 3.63) is 76.9 Å². The number of nitrogens with zero attached hydrogens (tertiary/aromatic N) is 2. The van der Waals surface area contributed by atoms with Crippen LogP contribution < -0.4 is 14.8 Å². The zero-order chi connectivity index (χ0) is 23.8. The molecule has 0 bridgehead atoms. The quantitative estimate of drug-likeness (QED) is 0.371. The Balaban J connectivity index is 1.79. The van der Waals surface area contributed by atoms with Crippen LogP contribution in [0.3, 0.4) is 0 Å². The van der Waals surface area contributed by atoms with Crippen LogP contribution >= 0.6 is 0 Å². The molecule has 0 aliphatic rings. The van der Waals surface area contributed by atoms with Gasteiger partial charge in [0.2, 0.25) is 5.95 Å². The average Bonchev–Trinajstić information content (AvgIpc) is 2.82. The first-order valence-electron chi connectivity index (χ1n) is 11.6. The Morgan fingerprint density at radius 1 is 0.970 bits per heavy atom. The number of anilines is 1. The molecule has 2 aromatic carbocycles. The largest absolute Gasteiger partial charge is 0.490 e. The van der Waals surface area contributed by atoms with Crippen LogP contribution in [-0.2, 0) is 18.4 Å². The number of halogens is 1. The lowest BCUT2D eigenvalue weighted by Crippen LogP contribution is -2.20. The molecular formula is C27H34FN3O2. The van der Waals surface area contributed by atoms with Crippen molar-refractivity contribution in [2.45, 2.75) is 59.0 Å². The van der Waals surface area contributed by atoms with E-state index in [0.717, 1.165) is 47.4 Å². The van der Waals surface area contributed by atoms with Crippen molar-refractivity contribution in [1.82, 2.24) is 9.97 Å². The number of aryl methyl sites for hydroxylation is 1. The van der Waals surface area contributed by atoms with Gasteiger partial charge in [-0.05, 0) is 53.8 Å². The molecule has 0 fully saturated rings. The molecule has 33 heavy (non-hydrogen) atoms. The van der Waals surface area contributed by atoms with Crippen molar-refractivity contribution in [3.63, 3.8) is 0 Å². The predicted octanol–water partition coefficient (Wildman–Crippen LogP) is 6.30. The summed E-state index contributed by atoms with van der Waals surface area (Å²) in [5, 5.41) is 2.92. The molecule has 1 N–H and O–H groups in total. The van der Waals surface area contributed by atoms with E-state index in [-0.39, 0.29) is 11.2 Å². The SMILES string of the molecule is CCCOc1c(F)cc(C(C)(C)c2ccc(OCc3ccnc(NC)n3)cc2)cc1CCC. The van der Waals surface area contributed by atoms with Crippen LogP contribution in [-0.4, -0.2) is 23.6 Å². The van der Waals surface area contributed by atoms with Crippen LogP contribution in [0.2, 0.25) is 0 Å². The van der Waals surface area contributed by atoms with Gasteiger partial charge < -0.3 is 14.8 Å². The Kier molecular flexibility index (Phi) is 8.26. The van der Waals surface area contributed by atoms with Crippen LogP contribution in [0.5, 0.6) is 11.5 Å². The zero-order valence-electron chi connectivity index (χ0n) is 20.2. The smallest absolute Gasteiger partial charge is 0.222 e. The fraction of sp³-hybridized carbons (Fsp3) is 0.407. The molecule has 0 aliphatic carbocycles. The minimum atomic E-state index is -0.375. The molecule has 176 valence electrons. The van der Waals surface area contributed by atoms with Crippen molar-refractivity contribution in [2.75, 3.05) is 19.0 Å². The van der Waals surface area contributed by atoms with Gasteiger partial charge in [0.15, 0.2) is 11.6 Å². The number of hydrogen-bond donors (Lipinski definition) is 1.